The van der Waals surface area contributed by atoms with Crippen molar-refractivity contribution in [3.8, 4) is 0 Å². The summed E-state index contributed by atoms with van der Waals surface area (Å²) < 4.78 is 43.4. The fourth-order valence-electron chi connectivity index (χ4n) is 0.261. The molecule has 0 bridgehead atoms. The van der Waals surface area contributed by atoms with Gasteiger partial charge in [-0.05, 0) is 0 Å². The van der Waals surface area contributed by atoms with E-state index < -0.39 is 31.3 Å². The Labute approximate surface area is 131 Å². The largest absolute Gasteiger partial charge is 2.00 e. The molecule has 0 atom stereocenters. The summed E-state index contributed by atoms with van der Waals surface area (Å²) in [6, 6.07) is 0. The third-order valence-electron chi connectivity index (χ3n) is 0.413. The van der Waals surface area contributed by atoms with Crippen LogP contribution in [0.4, 0.5) is 0 Å². The van der Waals surface area contributed by atoms with Crippen molar-refractivity contribution in [1.82, 2.24) is 0 Å². The molecule has 0 heterocycles. The van der Waals surface area contributed by atoms with Crippen molar-refractivity contribution in [3.05, 3.63) is 0 Å². The van der Waals surface area contributed by atoms with E-state index in [0.29, 0.717) is 0 Å². The average molecular weight is 479 g/mol. The summed E-state index contributed by atoms with van der Waals surface area (Å²) in [6.45, 7) is 0. The molecule has 0 aromatic carbocycles. The second-order valence-corrected chi connectivity index (χ2v) is 7.10. The molecule has 0 aliphatic rings. The molecule has 20 heteroatoms. The molecule has 0 aliphatic carbocycles. The Bertz CT molecular complexity index is 346. The molecule has 0 rings (SSSR count). The minimum Gasteiger partial charge on any atom is -0.790 e. The van der Waals surface area contributed by atoms with Gasteiger partial charge in [0.1, 0.15) is 0 Å². The van der Waals surface area contributed by atoms with Gasteiger partial charge in [-0.15, -0.1) is 0 Å². The van der Waals surface area contributed by atoms with Gasteiger partial charge in [0.15, 0.2) is 0 Å². The first-order valence-electron chi connectivity index (χ1n) is 2.99. The molecule has 14 nitrogen and oxygen atoms in total. The SMILES string of the molecule is O=P(O)(O)OP(=O)(O)O.O=P([O-])([O-])OP(=O)([O-])[O-].[Cu+2].[Cu+2]. The van der Waals surface area contributed by atoms with Crippen molar-refractivity contribution in [2.75, 3.05) is 0 Å². The zero-order valence-electron chi connectivity index (χ0n) is 8.26. The van der Waals surface area contributed by atoms with Crippen molar-refractivity contribution >= 4 is 31.3 Å². The van der Waals surface area contributed by atoms with Crippen LogP contribution in [-0.2, 0) is 61.0 Å². The van der Waals surface area contributed by atoms with E-state index in [2.05, 4.69) is 8.62 Å². The summed E-state index contributed by atoms with van der Waals surface area (Å²) in [5, 5.41) is 0. The quantitative estimate of drug-likeness (QED) is 0.220. The van der Waals surface area contributed by atoms with E-state index >= 15 is 0 Å². The fraction of sp³-hybridized carbons (Fsp3) is 0. The second-order valence-electron chi connectivity index (χ2n) is 2.04. The number of hydrogen-bond donors (Lipinski definition) is 4. The van der Waals surface area contributed by atoms with Gasteiger partial charge in [-0.1, -0.05) is 0 Å². The number of hydrogen-bond acceptors (Lipinski definition) is 10. The predicted octanol–water partition coefficient (Wildman–Crippen LogP) is -4.16. The van der Waals surface area contributed by atoms with E-state index in [0.717, 1.165) is 0 Å². The summed E-state index contributed by atoms with van der Waals surface area (Å²) in [5.41, 5.74) is 0. The third kappa shape index (κ3) is 36.6. The van der Waals surface area contributed by atoms with E-state index in [-0.39, 0.29) is 34.1 Å². The summed E-state index contributed by atoms with van der Waals surface area (Å²) >= 11 is 0. The smallest absolute Gasteiger partial charge is 0.790 e. The van der Waals surface area contributed by atoms with Gasteiger partial charge >= 0.3 is 49.8 Å². The molecule has 2 radical (unpaired) electrons. The molecule has 4 N–H and O–H groups in total. The summed E-state index contributed by atoms with van der Waals surface area (Å²) in [6.07, 6.45) is 0. The molecule has 0 fully saturated rings. The van der Waals surface area contributed by atoms with Crippen LogP contribution in [0.1, 0.15) is 0 Å². The van der Waals surface area contributed by atoms with Gasteiger partial charge in [0.2, 0.25) is 0 Å². The molecule has 130 valence electrons. The van der Waals surface area contributed by atoms with E-state index in [1.165, 1.54) is 0 Å². The number of phosphoric acid groups is 4. The molecule has 0 spiro atoms. The van der Waals surface area contributed by atoms with Gasteiger partial charge in [0, 0.05) is 0 Å². The maximum Gasteiger partial charge on any atom is 2.00 e. The van der Waals surface area contributed by atoms with Gasteiger partial charge < -0.3 is 52.6 Å². The molecule has 0 unspecified atom stereocenters. The van der Waals surface area contributed by atoms with Gasteiger partial charge in [0.05, 0.1) is 15.6 Å². The van der Waals surface area contributed by atoms with Gasteiger partial charge in [-0.2, -0.15) is 4.31 Å². The van der Waals surface area contributed by atoms with Gasteiger partial charge in [-0.25, -0.2) is 9.13 Å². The van der Waals surface area contributed by atoms with Crippen molar-refractivity contribution in [3.63, 3.8) is 0 Å². The normalized spacial score (nSPS) is 12.4. The maximum absolute atomic E-state index is 9.63. The van der Waals surface area contributed by atoms with Crippen LogP contribution in [0.25, 0.3) is 0 Å². The molecule has 0 amide bonds. The minimum atomic E-state index is -5.68. The van der Waals surface area contributed by atoms with E-state index in [9.17, 15) is 37.8 Å². The Kier molecular flexibility index (Phi) is 15.3. The van der Waals surface area contributed by atoms with Gasteiger partial charge in [-0.3, -0.25) is 0 Å². The van der Waals surface area contributed by atoms with E-state index in [1.807, 2.05) is 0 Å². The third-order valence-corrected chi connectivity index (χ3v) is 3.71. The van der Waals surface area contributed by atoms with Crippen LogP contribution in [0.5, 0.6) is 0 Å². The van der Waals surface area contributed by atoms with Crippen molar-refractivity contribution < 1.29 is 100 Å². The van der Waals surface area contributed by atoms with E-state index in [1.54, 1.807) is 0 Å². The van der Waals surface area contributed by atoms with Crippen molar-refractivity contribution in [2.24, 2.45) is 0 Å². The van der Waals surface area contributed by atoms with Crippen LogP contribution >= 0.6 is 31.3 Å². The van der Waals surface area contributed by atoms with Gasteiger partial charge in [0.25, 0.3) is 0 Å². The van der Waals surface area contributed by atoms with Crippen LogP contribution in [0.3, 0.4) is 0 Å². The molecule has 0 aromatic heterocycles. The molecule has 0 saturated heterocycles. The first-order chi connectivity index (χ1) is 7.41. The van der Waals surface area contributed by atoms with E-state index in [4.69, 9.17) is 19.6 Å². The molecular weight excluding hydrogens is 475 g/mol. The van der Waals surface area contributed by atoms with Crippen LogP contribution in [-0.4, -0.2) is 19.6 Å². The molecule has 0 saturated carbocycles. The summed E-state index contributed by atoms with van der Waals surface area (Å²) in [7, 11) is -21.5. The van der Waals surface area contributed by atoms with Crippen LogP contribution in [0, 0.1) is 0 Å². The Morgan fingerprint density at radius 3 is 0.800 bits per heavy atom. The summed E-state index contributed by atoms with van der Waals surface area (Å²) in [5.74, 6) is 0. The van der Waals surface area contributed by atoms with Crippen LogP contribution < -0.4 is 19.6 Å². The molecule has 0 aliphatic heterocycles. The standard InChI is InChI=1S/2Cu.2H4O7P2/c;;2*1-8(2,3)7-9(4,5)6/h;;2*(H2,1,2,3)(H2,4,5,6)/q2*+2;;/p-4. The zero-order valence-corrected chi connectivity index (χ0v) is 13.7. The molecular formula is H4Cu2O14P4. The average Bonchev–Trinajstić information content (AvgIpc) is 1.64. The minimum absolute atomic E-state index is 0. The molecule has 20 heavy (non-hydrogen) atoms. The number of rotatable bonds is 4. The Balaban J connectivity index is -0.000000116. The Morgan fingerprint density at radius 1 is 0.600 bits per heavy atom. The Hall–Kier alpha value is 1.56. The maximum atomic E-state index is 9.63. The monoisotopic (exact) mass is 478 g/mol. The van der Waals surface area contributed by atoms with Crippen molar-refractivity contribution in [1.29, 1.82) is 0 Å². The van der Waals surface area contributed by atoms with Crippen LogP contribution in [0.15, 0.2) is 0 Å². The molecule has 0 aromatic rings. The van der Waals surface area contributed by atoms with Crippen LogP contribution in [0.2, 0.25) is 0 Å². The topological polar surface area (TPSA) is 260 Å². The predicted molar refractivity (Wildman–Crippen MR) is 41.5 cm³/mol. The Morgan fingerprint density at radius 2 is 0.800 bits per heavy atom. The first kappa shape index (κ1) is 29.6. The summed E-state index contributed by atoms with van der Waals surface area (Å²) in [4.78, 5) is 68.3. The fourth-order valence-corrected chi connectivity index (χ4v) is 2.35. The first-order valence-corrected chi connectivity index (χ1v) is 8.97. The second kappa shape index (κ2) is 10.4. The zero-order chi connectivity index (χ0) is 15.4. The van der Waals surface area contributed by atoms with Crippen molar-refractivity contribution in [2.45, 2.75) is 0 Å².